The van der Waals surface area contributed by atoms with Gasteiger partial charge in [-0.15, -0.1) is 24.8 Å². The van der Waals surface area contributed by atoms with Gasteiger partial charge in [-0.1, -0.05) is 13.0 Å². The molecule has 2 N–H and O–H groups in total. The third kappa shape index (κ3) is 4.93. The Balaban J connectivity index is 0.00000220. The van der Waals surface area contributed by atoms with Crippen LogP contribution in [0, 0.1) is 0 Å². The molecule has 1 aromatic rings. The summed E-state index contributed by atoms with van der Waals surface area (Å²) in [5, 5.41) is 0. The fourth-order valence-electron chi connectivity index (χ4n) is 2.40. The molecule has 0 bridgehead atoms. The quantitative estimate of drug-likeness (QED) is 0.902. The van der Waals surface area contributed by atoms with Crippen LogP contribution in [-0.2, 0) is 4.79 Å². The first kappa shape index (κ1) is 20.8. The number of ether oxygens (including phenoxy) is 1. The lowest BCUT2D eigenvalue weighted by atomic mass is 10.2. The number of piperazine rings is 1. The first-order valence-electron chi connectivity index (χ1n) is 7.09. The molecule has 0 saturated carbocycles. The van der Waals surface area contributed by atoms with E-state index in [2.05, 4.69) is 11.0 Å². The molecule has 1 aliphatic heterocycles. The van der Waals surface area contributed by atoms with Crippen LogP contribution >= 0.6 is 24.8 Å². The van der Waals surface area contributed by atoms with Gasteiger partial charge in [-0.05, 0) is 18.6 Å². The molecule has 1 heterocycles. The lowest BCUT2D eigenvalue weighted by Crippen LogP contribution is -2.53. The Morgan fingerprint density at radius 2 is 1.91 bits per heavy atom. The molecule has 5 nitrogen and oxygen atoms in total. The van der Waals surface area contributed by atoms with Crippen LogP contribution in [0.25, 0.3) is 0 Å². The van der Waals surface area contributed by atoms with Crippen LogP contribution in [-0.4, -0.2) is 50.1 Å². The van der Waals surface area contributed by atoms with E-state index in [1.807, 2.05) is 30.0 Å². The Hall–Kier alpha value is -1.17. The Labute approximate surface area is 144 Å². The van der Waals surface area contributed by atoms with E-state index in [-0.39, 0.29) is 36.8 Å². The molecule has 22 heavy (non-hydrogen) atoms. The Bertz CT molecular complexity index is 466. The molecule has 0 unspecified atom stereocenters. The van der Waals surface area contributed by atoms with Crippen LogP contribution in [0.5, 0.6) is 5.75 Å². The molecule has 0 spiro atoms. The average Bonchev–Trinajstić information content (AvgIpc) is 2.53. The van der Waals surface area contributed by atoms with E-state index in [0.29, 0.717) is 6.42 Å². The van der Waals surface area contributed by atoms with Gasteiger partial charge in [0.2, 0.25) is 5.91 Å². The fourth-order valence-corrected chi connectivity index (χ4v) is 2.40. The number of hydrogen-bond acceptors (Lipinski definition) is 4. The highest BCUT2D eigenvalue weighted by Gasteiger charge is 2.24. The summed E-state index contributed by atoms with van der Waals surface area (Å²) in [6.45, 7) is 5.05. The maximum atomic E-state index is 12.0. The van der Waals surface area contributed by atoms with Gasteiger partial charge in [-0.2, -0.15) is 0 Å². The Morgan fingerprint density at radius 1 is 1.27 bits per heavy atom. The monoisotopic (exact) mass is 349 g/mol. The van der Waals surface area contributed by atoms with Gasteiger partial charge in [0.15, 0.2) is 0 Å². The normalized spacial score (nSPS) is 15.4. The minimum absolute atomic E-state index is 0. The summed E-state index contributed by atoms with van der Waals surface area (Å²) in [4.78, 5) is 16.2. The van der Waals surface area contributed by atoms with E-state index in [4.69, 9.17) is 10.5 Å². The predicted molar refractivity (Wildman–Crippen MR) is 94.5 cm³/mol. The van der Waals surface area contributed by atoms with Crippen LogP contribution in [0.1, 0.15) is 13.3 Å². The lowest BCUT2D eigenvalue weighted by Gasteiger charge is -2.37. The summed E-state index contributed by atoms with van der Waals surface area (Å²) in [7, 11) is 1.67. The first-order chi connectivity index (χ1) is 9.65. The maximum absolute atomic E-state index is 12.0. The van der Waals surface area contributed by atoms with Crippen molar-refractivity contribution in [3.05, 3.63) is 24.3 Å². The van der Waals surface area contributed by atoms with Crippen LogP contribution in [0.4, 0.5) is 5.69 Å². The predicted octanol–water partition coefficient (Wildman–Crippen LogP) is 1.92. The van der Waals surface area contributed by atoms with Gasteiger partial charge in [0.05, 0.1) is 13.2 Å². The number of anilines is 1. The Kier molecular flexibility index (Phi) is 9.25. The summed E-state index contributed by atoms with van der Waals surface area (Å²) >= 11 is 0. The number of methoxy groups -OCH3 is 1. The molecule has 2 rings (SSSR count). The molecular formula is C15H25Cl2N3O2. The van der Waals surface area contributed by atoms with Crippen molar-refractivity contribution in [1.29, 1.82) is 0 Å². The van der Waals surface area contributed by atoms with E-state index < -0.39 is 0 Å². The van der Waals surface area contributed by atoms with Gasteiger partial charge in [-0.25, -0.2) is 0 Å². The molecule has 1 atom stereocenters. The van der Waals surface area contributed by atoms with E-state index in [1.165, 1.54) is 0 Å². The fraction of sp³-hybridized carbons (Fsp3) is 0.533. The van der Waals surface area contributed by atoms with E-state index >= 15 is 0 Å². The third-order valence-corrected chi connectivity index (χ3v) is 3.77. The van der Waals surface area contributed by atoms with Gasteiger partial charge in [0.25, 0.3) is 0 Å². The van der Waals surface area contributed by atoms with Crippen molar-refractivity contribution < 1.29 is 9.53 Å². The molecule has 1 fully saturated rings. The van der Waals surface area contributed by atoms with Crippen molar-refractivity contribution >= 4 is 36.4 Å². The topological polar surface area (TPSA) is 58.8 Å². The number of halogens is 2. The molecule has 1 aromatic carbocycles. The highest BCUT2D eigenvalue weighted by molar-refractivity contribution is 5.85. The Morgan fingerprint density at radius 3 is 2.45 bits per heavy atom. The molecule has 0 aliphatic carbocycles. The van der Waals surface area contributed by atoms with Gasteiger partial charge in [-0.3, -0.25) is 4.79 Å². The summed E-state index contributed by atoms with van der Waals surface area (Å²) < 4.78 is 5.24. The number of hydrogen-bond donors (Lipinski definition) is 1. The molecule has 1 aliphatic rings. The summed E-state index contributed by atoms with van der Waals surface area (Å²) in [5.41, 5.74) is 6.95. The van der Waals surface area contributed by atoms with E-state index in [1.54, 1.807) is 7.11 Å². The van der Waals surface area contributed by atoms with Crippen molar-refractivity contribution in [1.82, 2.24) is 4.90 Å². The average molecular weight is 350 g/mol. The second kappa shape index (κ2) is 9.77. The number of carbonyl (C=O) groups is 1. The number of carbonyl (C=O) groups excluding carboxylic acids is 1. The lowest BCUT2D eigenvalue weighted by molar-refractivity contribution is -0.132. The highest BCUT2D eigenvalue weighted by atomic mass is 35.5. The number of benzene rings is 1. The highest BCUT2D eigenvalue weighted by Crippen LogP contribution is 2.22. The molecular weight excluding hydrogens is 325 g/mol. The van der Waals surface area contributed by atoms with Crippen molar-refractivity contribution in [2.45, 2.75) is 19.4 Å². The number of nitrogens with two attached hydrogens (primary N) is 1. The second-order valence-corrected chi connectivity index (χ2v) is 5.03. The van der Waals surface area contributed by atoms with Crippen LogP contribution < -0.4 is 15.4 Å². The minimum atomic E-state index is -0.363. The van der Waals surface area contributed by atoms with Gasteiger partial charge in [0.1, 0.15) is 5.75 Å². The first-order valence-corrected chi connectivity index (χ1v) is 7.09. The summed E-state index contributed by atoms with van der Waals surface area (Å²) in [6, 6.07) is 7.65. The second-order valence-electron chi connectivity index (χ2n) is 5.03. The van der Waals surface area contributed by atoms with Gasteiger partial charge < -0.3 is 20.3 Å². The smallest absolute Gasteiger partial charge is 0.239 e. The van der Waals surface area contributed by atoms with Gasteiger partial charge in [0, 0.05) is 37.9 Å². The minimum Gasteiger partial charge on any atom is -0.497 e. The van der Waals surface area contributed by atoms with Crippen LogP contribution in [0.15, 0.2) is 24.3 Å². The molecule has 1 amide bonds. The van der Waals surface area contributed by atoms with Crippen LogP contribution in [0.3, 0.4) is 0 Å². The van der Waals surface area contributed by atoms with Crippen molar-refractivity contribution in [3.63, 3.8) is 0 Å². The summed E-state index contributed by atoms with van der Waals surface area (Å²) in [5.74, 6) is 0.923. The van der Waals surface area contributed by atoms with Crippen molar-refractivity contribution in [2.24, 2.45) is 5.73 Å². The largest absolute Gasteiger partial charge is 0.497 e. The van der Waals surface area contributed by atoms with E-state index in [9.17, 15) is 4.79 Å². The maximum Gasteiger partial charge on any atom is 0.239 e. The van der Waals surface area contributed by atoms with Gasteiger partial charge >= 0.3 is 0 Å². The molecule has 1 saturated heterocycles. The van der Waals surface area contributed by atoms with Crippen molar-refractivity contribution in [3.8, 4) is 5.75 Å². The molecule has 0 radical (unpaired) electrons. The molecule has 7 heteroatoms. The summed E-state index contributed by atoms with van der Waals surface area (Å²) in [6.07, 6.45) is 0.689. The van der Waals surface area contributed by atoms with Crippen molar-refractivity contribution in [2.75, 3.05) is 38.2 Å². The number of rotatable bonds is 4. The zero-order valence-corrected chi connectivity index (χ0v) is 14.7. The van der Waals surface area contributed by atoms with Crippen LogP contribution in [0.2, 0.25) is 0 Å². The number of nitrogens with zero attached hydrogens (tertiary/aromatic N) is 2. The number of amides is 1. The standard InChI is InChI=1S/C15H23N3O2.2ClH/c1-3-14(16)15(19)18-9-7-17(8-10-18)12-5-4-6-13(11-12)20-2;;/h4-6,11,14H,3,7-10,16H2,1-2H3;2*1H/t14-;;/m0../s1. The zero-order chi connectivity index (χ0) is 14.5. The molecule has 0 aromatic heterocycles. The SMILES string of the molecule is CC[C@H](N)C(=O)N1CCN(c2cccc(OC)c2)CC1.Cl.Cl. The third-order valence-electron chi connectivity index (χ3n) is 3.77. The molecule has 126 valence electrons. The zero-order valence-electron chi connectivity index (χ0n) is 13.0. The van der Waals surface area contributed by atoms with E-state index in [0.717, 1.165) is 37.6 Å².